The summed E-state index contributed by atoms with van der Waals surface area (Å²) in [6.07, 6.45) is 0.301. The highest BCUT2D eigenvalue weighted by Crippen LogP contribution is 2.16. The Morgan fingerprint density at radius 3 is 2.19 bits per heavy atom. The molecular formula is C11H23N3O2. The van der Waals surface area contributed by atoms with E-state index >= 15 is 0 Å². The maximum atomic E-state index is 11.6. The van der Waals surface area contributed by atoms with Crippen LogP contribution in [-0.4, -0.2) is 43.4 Å². The molecule has 0 fully saturated rings. The first-order chi connectivity index (χ1) is 7.16. The third kappa shape index (κ3) is 5.11. The number of rotatable bonds is 4. The summed E-state index contributed by atoms with van der Waals surface area (Å²) >= 11 is 0. The van der Waals surface area contributed by atoms with Crippen LogP contribution in [0.4, 0.5) is 0 Å². The summed E-state index contributed by atoms with van der Waals surface area (Å²) < 4.78 is 0. The van der Waals surface area contributed by atoms with Gasteiger partial charge in [0.1, 0.15) is 0 Å². The van der Waals surface area contributed by atoms with Crippen LogP contribution in [0.3, 0.4) is 0 Å². The number of hydrogen-bond acceptors (Lipinski definition) is 3. The molecule has 0 heterocycles. The highest BCUT2D eigenvalue weighted by molar-refractivity contribution is 5.83. The SMILES string of the molecule is CN(C)C(=O)CCNC(=O)C(N)C(C)(C)C. The first-order valence-corrected chi connectivity index (χ1v) is 5.39. The Bertz CT molecular complexity index is 256. The van der Waals surface area contributed by atoms with Gasteiger partial charge in [-0.15, -0.1) is 0 Å². The third-order valence-corrected chi connectivity index (χ3v) is 2.35. The first kappa shape index (κ1) is 14.9. The molecule has 0 bridgehead atoms. The number of carbonyl (C=O) groups excluding carboxylic acids is 2. The van der Waals surface area contributed by atoms with E-state index in [2.05, 4.69) is 5.32 Å². The lowest BCUT2D eigenvalue weighted by atomic mass is 9.87. The van der Waals surface area contributed by atoms with Crippen molar-refractivity contribution in [1.29, 1.82) is 0 Å². The van der Waals surface area contributed by atoms with Crippen molar-refractivity contribution < 1.29 is 9.59 Å². The van der Waals surface area contributed by atoms with Crippen molar-refractivity contribution in [2.75, 3.05) is 20.6 Å². The van der Waals surface area contributed by atoms with Crippen molar-refractivity contribution in [3.8, 4) is 0 Å². The van der Waals surface area contributed by atoms with Crippen LogP contribution in [0, 0.1) is 5.41 Å². The van der Waals surface area contributed by atoms with Crippen molar-refractivity contribution >= 4 is 11.8 Å². The standard InChI is InChI=1S/C11H23N3O2/c1-11(2,3)9(12)10(16)13-7-6-8(15)14(4)5/h9H,6-7,12H2,1-5H3,(H,13,16). The molecule has 0 aromatic rings. The van der Waals surface area contributed by atoms with E-state index in [0.717, 1.165) is 0 Å². The zero-order valence-electron chi connectivity index (χ0n) is 10.8. The number of nitrogens with one attached hydrogen (secondary N) is 1. The molecule has 16 heavy (non-hydrogen) atoms. The van der Waals surface area contributed by atoms with Gasteiger partial charge in [-0.25, -0.2) is 0 Å². The molecule has 5 heteroatoms. The molecule has 2 amide bonds. The predicted molar refractivity (Wildman–Crippen MR) is 63.8 cm³/mol. The van der Waals surface area contributed by atoms with Gasteiger partial charge in [0.25, 0.3) is 0 Å². The molecule has 0 spiro atoms. The fourth-order valence-electron chi connectivity index (χ4n) is 1.02. The zero-order chi connectivity index (χ0) is 12.9. The van der Waals surface area contributed by atoms with Crippen LogP contribution in [0.15, 0.2) is 0 Å². The summed E-state index contributed by atoms with van der Waals surface area (Å²) in [5.74, 6) is -0.219. The number of hydrogen-bond donors (Lipinski definition) is 2. The highest BCUT2D eigenvalue weighted by Gasteiger charge is 2.27. The van der Waals surface area contributed by atoms with Gasteiger partial charge in [-0.3, -0.25) is 9.59 Å². The quantitative estimate of drug-likeness (QED) is 0.710. The van der Waals surface area contributed by atoms with E-state index < -0.39 is 6.04 Å². The van der Waals surface area contributed by atoms with E-state index in [9.17, 15) is 9.59 Å². The third-order valence-electron chi connectivity index (χ3n) is 2.35. The Kier molecular flexibility index (Phi) is 5.44. The summed E-state index contributed by atoms with van der Waals surface area (Å²) in [5.41, 5.74) is 5.50. The molecule has 1 unspecified atom stereocenters. The maximum Gasteiger partial charge on any atom is 0.237 e. The molecule has 0 aliphatic carbocycles. The minimum Gasteiger partial charge on any atom is -0.354 e. The van der Waals surface area contributed by atoms with Crippen molar-refractivity contribution in [2.24, 2.45) is 11.1 Å². The smallest absolute Gasteiger partial charge is 0.237 e. The molecule has 0 aromatic heterocycles. The zero-order valence-corrected chi connectivity index (χ0v) is 10.8. The van der Waals surface area contributed by atoms with Crippen molar-refractivity contribution in [2.45, 2.75) is 33.2 Å². The fraction of sp³-hybridized carbons (Fsp3) is 0.818. The average molecular weight is 229 g/mol. The predicted octanol–water partition coefficient (Wildman–Crippen LogP) is -0.0457. The van der Waals surface area contributed by atoms with Crippen molar-refractivity contribution in [3.63, 3.8) is 0 Å². The Hall–Kier alpha value is -1.10. The molecule has 94 valence electrons. The van der Waals surface area contributed by atoms with Crippen LogP contribution in [0.2, 0.25) is 0 Å². The Morgan fingerprint density at radius 2 is 1.81 bits per heavy atom. The molecule has 0 rings (SSSR count). The van der Waals surface area contributed by atoms with E-state index in [-0.39, 0.29) is 17.2 Å². The van der Waals surface area contributed by atoms with Crippen LogP contribution in [-0.2, 0) is 9.59 Å². The summed E-state index contributed by atoms with van der Waals surface area (Å²) in [7, 11) is 3.37. The lowest BCUT2D eigenvalue weighted by Gasteiger charge is -2.25. The molecule has 1 atom stereocenters. The Morgan fingerprint density at radius 1 is 1.31 bits per heavy atom. The molecule has 0 saturated heterocycles. The summed E-state index contributed by atoms with van der Waals surface area (Å²) in [4.78, 5) is 24.3. The molecule has 5 nitrogen and oxygen atoms in total. The minimum atomic E-state index is -0.554. The lowest BCUT2D eigenvalue weighted by molar-refractivity contribution is -0.129. The second-order valence-corrected chi connectivity index (χ2v) is 5.17. The van der Waals surface area contributed by atoms with Crippen LogP contribution in [0.1, 0.15) is 27.2 Å². The van der Waals surface area contributed by atoms with E-state index in [1.165, 1.54) is 4.90 Å². The minimum absolute atomic E-state index is 0.00960. The van der Waals surface area contributed by atoms with Crippen LogP contribution in [0.5, 0.6) is 0 Å². The Labute approximate surface area is 97.4 Å². The second-order valence-electron chi connectivity index (χ2n) is 5.17. The van der Waals surface area contributed by atoms with Crippen LogP contribution >= 0.6 is 0 Å². The van der Waals surface area contributed by atoms with Gasteiger partial charge in [0, 0.05) is 27.1 Å². The topological polar surface area (TPSA) is 75.4 Å². The van der Waals surface area contributed by atoms with Gasteiger partial charge in [0.05, 0.1) is 6.04 Å². The van der Waals surface area contributed by atoms with Crippen LogP contribution < -0.4 is 11.1 Å². The monoisotopic (exact) mass is 229 g/mol. The Balaban J connectivity index is 3.96. The first-order valence-electron chi connectivity index (χ1n) is 5.39. The van der Waals surface area contributed by atoms with Gasteiger partial charge in [-0.2, -0.15) is 0 Å². The van der Waals surface area contributed by atoms with E-state index in [4.69, 9.17) is 5.73 Å². The normalized spacial score (nSPS) is 13.1. The van der Waals surface area contributed by atoms with Gasteiger partial charge >= 0.3 is 0 Å². The molecule has 0 aliphatic heterocycles. The largest absolute Gasteiger partial charge is 0.354 e. The fourth-order valence-corrected chi connectivity index (χ4v) is 1.02. The van der Waals surface area contributed by atoms with Gasteiger partial charge in [0.15, 0.2) is 0 Å². The van der Waals surface area contributed by atoms with Gasteiger partial charge in [0.2, 0.25) is 11.8 Å². The van der Waals surface area contributed by atoms with Crippen LogP contribution in [0.25, 0.3) is 0 Å². The number of amides is 2. The summed E-state index contributed by atoms with van der Waals surface area (Å²) in [6.45, 7) is 6.05. The number of nitrogens with zero attached hydrogens (tertiary/aromatic N) is 1. The molecular weight excluding hydrogens is 206 g/mol. The maximum absolute atomic E-state index is 11.6. The van der Waals surface area contributed by atoms with Crippen molar-refractivity contribution in [1.82, 2.24) is 10.2 Å². The van der Waals surface area contributed by atoms with Gasteiger partial charge < -0.3 is 16.0 Å². The molecule has 3 N–H and O–H groups in total. The van der Waals surface area contributed by atoms with E-state index in [1.54, 1.807) is 14.1 Å². The van der Waals surface area contributed by atoms with E-state index in [1.807, 2.05) is 20.8 Å². The average Bonchev–Trinajstić information content (AvgIpc) is 2.14. The molecule has 0 aromatic carbocycles. The van der Waals surface area contributed by atoms with Gasteiger partial charge in [-0.1, -0.05) is 20.8 Å². The van der Waals surface area contributed by atoms with Gasteiger partial charge in [-0.05, 0) is 5.41 Å². The number of carbonyl (C=O) groups is 2. The lowest BCUT2D eigenvalue weighted by Crippen LogP contribution is -2.49. The molecule has 0 saturated carbocycles. The second kappa shape index (κ2) is 5.84. The summed E-state index contributed by atoms with van der Waals surface area (Å²) in [5, 5.41) is 2.66. The summed E-state index contributed by atoms with van der Waals surface area (Å²) in [6, 6.07) is -0.554. The molecule has 0 radical (unpaired) electrons. The van der Waals surface area contributed by atoms with E-state index in [0.29, 0.717) is 13.0 Å². The number of nitrogens with two attached hydrogens (primary N) is 1. The highest BCUT2D eigenvalue weighted by atomic mass is 16.2. The van der Waals surface area contributed by atoms with Crippen molar-refractivity contribution in [3.05, 3.63) is 0 Å². The molecule has 0 aliphatic rings.